The largest absolute Gasteiger partial charge is 0.478 e. The molecule has 6 nitrogen and oxygen atoms in total. The van der Waals surface area contributed by atoms with Crippen LogP contribution in [0.3, 0.4) is 0 Å². The van der Waals surface area contributed by atoms with E-state index in [4.69, 9.17) is 10.2 Å². The van der Waals surface area contributed by atoms with Gasteiger partial charge in [-0.1, -0.05) is 33.9 Å². The molecule has 0 saturated heterocycles. The number of rotatable bonds is 6. The molecule has 0 aliphatic heterocycles. The predicted octanol–water partition coefficient (Wildman–Crippen LogP) is 2.60. The lowest BCUT2D eigenvalue weighted by Gasteiger charge is -2.30. The summed E-state index contributed by atoms with van der Waals surface area (Å²) >= 11 is 0. The molecule has 0 aliphatic carbocycles. The van der Waals surface area contributed by atoms with E-state index in [1.807, 2.05) is 20.8 Å². The van der Waals surface area contributed by atoms with Crippen LogP contribution in [-0.4, -0.2) is 44.1 Å². The van der Waals surface area contributed by atoms with Crippen LogP contribution in [0, 0.1) is 0 Å². The number of carboxylic acids is 2. The molecule has 6 heteroatoms. The van der Waals surface area contributed by atoms with Crippen molar-refractivity contribution in [3.8, 4) is 0 Å². The molecule has 1 atom stereocenters. The van der Waals surface area contributed by atoms with E-state index in [1.54, 1.807) is 0 Å². The molecule has 0 radical (unpaired) electrons. The van der Waals surface area contributed by atoms with E-state index >= 15 is 0 Å². The number of carboxylic acid groups (broad SMARTS) is 2. The maximum atomic E-state index is 9.65. The van der Waals surface area contributed by atoms with Gasteiger partial charge in [0.1, 0.15) is 0 Å². The second kappa shape index (κ2) is 13.0. The Hall–Kier alpha value is -1.66. The van der Waals surface area contributed by atoms with Gasteiger partial charge in [-0.3, -0.25) is 0 Å². The van der Waals surface area contributed by atoms with E-state index in [1.165, 1.54) is 13.8 Å². The third-order valence-corrected chi connectivity index (χ3v) is 2.96. The van der Waals surface area contributed by atoms with Crippen molar-refractivity contribution in [2.24, 2.45) is 0 Å². The second-order valence-corrected chi connectivity index (χ2v) is 4.91. The Balaban J connectivity index is -0.000000261. The monoisotopic (exact) mass is 318 g/mol. The van der Waals surface area contributed by atoms with Gasteiger partial charge in [0.05, 0.1) is 11.7 Å². The highest BCUT2D eigenvalue weighted by atomic mass is 16.4. The van der Waals surface area contributed by atoms with Crippen molar-refractivity contribution in [2.75, 3.05) is 0 Å². The number of aliphatic hydroxyl groups excluding tert-OH is 1. The van der Waals surface area contributed by atoms with Crippen LogP contribution in [0.15, 0.2) is 24.3 Å². The normalized spacial score (nSPS) is 11.0. The third kappa shape index (κ3) is 13.3. The summed E-state index contributed by atoms with van der Waals surface area (Å²) in [6, 6.07) is 0. The van der Waals surface area contributed by atoms with Gasteiger partial charge in [-0.25, -0.2) is 9.59 Å². The lowest BCUT2D eigenvalue weighted by Crippen LogP contribution is -2.40. The van der Waals surface area contributed by atoms with Gasteiger partial charge in [-0.05, 0) is 33.1 Å². The van der Waals surface area contributed by atoms with Crippen LogP contribution in [0.25, 0.3) is 0 Å². The highest BCUT2D eigenvalue weighted by molar-refractivity contribution is 5.85. The first-order valence-electron chi connectivity index (χ1n) is 7.07. The highest BCUT2D eigenvalue weighted by Crippen LogP contribution is 2.21. The lowest BCUT2D eigenvalue weighted by atomic mass is 9.89. The summed E-state index contributed by atoms with van der Waals surface area (Å²) in [5.41, 5.74) is -0.501. The number of carbonyl (C=O) groups is 2. The quantitative estimate of drug-likeness (QED) is 0.560. The van der Waals surface area contributed by atoms with Crippen LogP contribution in [0.5, 0.6) is 0 Å². The van der Waals surface area contributed by atoms with Crippen molar-refractivity contribution in [2.45, 2.75) is 65.6 Å². The van der Waals surface area contributed by atoms with Crippen LogP contribution >= 0.6 is 0 Å². The summed E-state index contributed by atoms with van der Waals surface area (Å²) < 4.78 is 0. The molecule has 22 heavy (non-hydrogen) atoms. The number of aliphatic carboxylic acids is 2. The van der Waals surface area contributed by atoms with Crippen LogP contribution in [0.2, 0.25) is 0 Å². The molecule has 0 bridgehead atoms. The SMILES string of the molecule is C=C(C)C(=O)O.C=C(C)C(=O)O.CCC(O)C(O)(CC)CC. The average molecular weight is 318 g/mol. The summed E-state index contributed by atoms with van der Waals surface area (Å²) in [5, 5.41) is 34.8. The minimum absolute atomic E-state index is 0.176. The van der Waals surface area contributed by atoms with Crippen molar-refractivity contribution in [3.63, 3.8) is 0 Å². The van der Waals surface area contributed by atoms with Gasteiger partial charge < -0.3 is 20.4 Å². The molecule has 0 aromatic rings. The second-order valence-electron chi connectivity index (χ2n) is 4.91. The van der Waals surface area contributed by atoms with Crippen LogP contribution in [0.1, 0.15) is 53.9 Å². The Morgan fingerprint density at radius 3 is 1.23 bits per heavy atom. The van der Waals surface area contributed by atoms with Crippen LogP contribution in [0.4, 0.5) is 0 Å². The first kappa shape index (κ1) is 25.3. The summed E-state index contributed by atoms with van der Waals surface area (Å²) in [4.78, 5) is 19.2. The summed E-state index contributed by atoms with van der Waals surface area (Å²) in [6.45, 7) is 14.9. The Bertz CT molecular complexity index is 321. The van der Waals surface area contributed by atoms with Gasteiger partial charge in [0.25, 0.3) is 0 Å². The fourth-order valence-electron chi connectivity index (χ4n) is 1.10. The summed E-state index contributed by atoms with van der Waals surface area (Å²) in [7, 11) is 0. The smallest absolute Gasteiger partial charge is 0.330 e. The van der Waals surface area contributed by atoms with Gasteiger partial charge in [0, 0.05) is 11.1 Å². The molecule has 0 saturated carbocycles. The predicted molar refractivity (Wildman–Crippen MR) is 86.7 cm³/mol. The van der Waals surface area contributed by atoms with Crippen molar-refractivity contribution in [1.29, 1.82) is 0 Å². The molecular weight excluding hydrogens is 288 g/mol. The van der Waals surface area contributed by atoms with Gasteiger partial charge in [-0.15, -0.1) is 0 Å². The van der Waals surface area contributed by atoms with E-state index in [2.05, 4.69) is 13.2 Å². The van der Waals surface area contributed by atoms with Gasteiger partial charge in [-0.2, -0.15) is 0 Å². The van der Waals surface area contributed by atoms with Crippen LogP contribution in [-0.2, 0) is 9.59 Å². The average Bonchev–Trinajstić information content (AvgIpc) is 2.46. The molecule has 0 rings (SSSR count). The van der Waals surface area contributed by atoms with Crippen molar-refractivity contribution >= 4 is 11.9 Å². The standard InChI is InChI=1S/C8H18O2.2C4H6O2/c1-4-7(9)8(10,5-2)6-3;2*1-3(2)4(5)6/h7,9-10H,4-6H2,1-3H3;2*1H2,2H3,(H,5,6). The summed E-state index contributed by atoms with van der Waals surface area (Å²) in [6.07, 6.45) is 1.30. The summed E-state index contributed by atoms with van der Waals surface area (Å²) in [5.74, 6) is -1.87. The minimum Gasteiger partial charge on any atom is -0.478 e. The van der Waals surface area contributed by atoms with E-state index in [0.29, 0.717) is 19.3 Å². The molecule has 0 fully saturated rings. The Morgan fingerprint density at radius 1 is 0.955 bits per heavy atom. The van der Waals surface area contributed by atoms with E-state index < -0.39 is 23.6 Å². The number of hydrogen-bond acceptors (Lipinski definition) is 4. The molecule has 0 amide bonds. The molecule has 0 spiro atoms. The molecule has 0 aliphatic rings. The van der Waals surface area contributed by atoms with Crippen molar-refractivity contribution in [1.82, 2.24) is 0 Å². The Morgan fingerprint density at radius 2 is 1.18 bits per heavy atom. The lowest BCUT2D eigenvalue weighted by molar-refractivity contribution is -0.133. The Kier molecular flexibility index (Phi) is 15.0. The number of hydrogen-bond donors (Lipinski definition) is 4. The highest BCUT2D eigenvalue weighted by Gasteiger charge is 2.29. The maximum Gasteiger partial charge on any atom is 0.330 e. The molecule has 0 heterocycles. The van der Waals surface area contributed by atoms with E-state index in [9.17, 15) is 19.8 Å². The third-order valence-electron chi connectivity index (χ3n) is 2.96. The maximum absolute atomic E-state index is 9.65. The van der Waals surface area contributed by atoms with Crippen molar-refractivity contribution in [3.05, 3.63) is 24.3 Å². The zero-order chi connectivity index (χ0) is 18.5. The molecule has 4 N–H and O–H groups in total. The number of aliphatic hydroxyl groups is 2. The van der Waals surface area contributed by atoms with Crippen LogP contribution < -0.4 is 0 Å². The molecular formula is C16H30O6. The molecule has 1 unspecified atom stereocenters. The fraction of sp³-hybridized carbons (Fsp3) is 0.625. The zero-order valence-electron chi connectivity index (χ0n) is 14.2. The molecule has 0 aromatic carbocycles. The minimum atomic E-state index is -0.935. The first-order chi connectivity index (χ1) is 9.89. The Labute approximate surface area is 132 Å². The zero-order valence-corrected chi connectivity index (χ0v) is 14.2. The topological polar surface area (TPSA) is 115 Å². The van der Waals surface area contributed by atoms with E-state index in [-0.39, 0.29) is 11.1 Å². The fourth-order valence-corrected chi connectivity index (χ4v) is 1.10. The first-order valence-corrected chi connectivity index (χ1v) is 7.07. The van der Waals surface area contributed by atoms with Gasteiger partial charge >= 0.3 is 11.9 Å². The van der Waals surface area contributed by atoms with Gasteiger partial charge in [0.2, 0.25) is 0 Å². The molecule has 130 valence electrons. The van der Waals surface area contributed by atoms with Crippen molar-refractivity contribution < 1.29 is 30.0 Å². The van der Waals surface area contributed by atoms with E-state index in [0.717, 1.165) is 0 Å². The molecule has 0 aromatic heterocycles. The van der Waals surface area contributed by atoms with Gasteiger partial charge in [0.15, 0.2) is 0 Å².